The van der Waals surface area contributed by atoms with Crippen molar-refractivity contribution in [3.63, 3.8) is 0 Å². The van der Waals surface area contributed by atoms with Crippen LogP contribution in [0.5, 0.6) is 0 Å². The van der Waals surface area contributed by atoms with Gasteiger partial charge in [0.2, 0.25) is 11.8 Å². The van der Waals surface area contributed by atoms with Gasteiger partial charge in [-0.15, -0.1) is 11.3 Å². The number of alkyl carbamates (subject to hydrolysis) is 1. The van der Waals surface area contributed by atoms with Crippen molar-refractivity contribution in [1.29, 1.82) is 0 Å². The van der Waals surface area contributed by atoms with Crippen molar-refractivity contribution in [1.82, 2.24) is 25.4 Å². The Hall–Kier alpha value is -4.86. The molecule has 0 bridgehead atoms. The zero-order valence-corrected chi connectivity index (χ0v) is 39.3. The summed E-state index contributed by atoms with van der Waals surface area (Å²) in [5, 5.41) is 17.3. The molecule has 3 N–H and O–H groups in total. The predicted octanol–water partition coefficient (Wildman–Crippen LogP) is 8.21. The molecule has 350 valence electrons. The van der Waals surface area contributed by atoms with E-state index in [4.69, 9.17) is 14.2 Å². The number of piperidine rings is 1. The smallest absolute Gasteiger partial charge is 0.407 e. The van der Waals surface area contributed by atoms with E-state index in [-0.39, 0.29) is 61.4 Å². The van der Waals surface area contributed by atoms with Gasteiger partial charge in [-0.05, 0) is 59.9 Å². The number of nitrogens with one attached hydrogen (secondary N) is 2. The van der Waals surface area contributed by atoms with Crippen LogP contribution in [0.25, 0.3) is 11.1 Å². The fourth-order valence-electron chi connectivity index (χ4n) is 8.89. The van der Waals surface area contributed by atoms with Crippen LogP contribution in [0.15, 0.2) is 53.9 Å². The third-order valence-electron chi connectivity index (χ3n) is 12.6. The second kappa shape index (κ2) is 25.0. The molecule has 1 saturated heterocycles. The number of carboxylic acid groups (broad SMARTS) is 1. The Morgan fingerprint density at radius 2 is 1.66 bits per heavy atom. The van der Waals surface area contributed by atoms with Crippen molar-refractivity contribution in [3.05, 3.63) is 75.7 Å². The molecule has 0 radical (unpaired) electrons. The fraction of sp³-hybridized carbons (Fsp3) is 0.592. The number of likely N-dealkylation sites (tertiary alicyclic amines) is 1. The highest BCUT2D eigenvalue weighted by Crippen LogP contribution is 2.44. The first-order valence-corrected chi connectivity index (χ1v) is 24.1. The number of hydrogen-bond donors (Lipinski definition) is 3. The van der Waals surface area contributed by atoms with E-state index in [1.165, 1.54) is 23.4 Å². The van der Waals surface area contributed by atoms with Crippen LogP contribution >= 0.6 is 11.3 Å². The quantitative estimate of drug-likeness (QED) is 0.0552. The summed E-state index contributed by atoms with van der Waals surface area (Å²) in [6.07, 6.45) is 5.75. The van der Waals surface area contributed by atoms with Gasteiger partial charge in [-0.25, -0.2) is 14.6 Å². The van der Waals surface area contributed by atoms with Crippen molar-refractivity contribution in [2.45, 2.75) is 129 Å². The maximum atomic E-state index is 15.0. The number of carboxylic acids is 1. The number of carbonyl (C=O) groups is 5. The summed E-state index contributed by atoms with van der Waals surface area (Å²) < 4.78 is 17.3. The summed E-state index contributed by atoms with van der Waals surface area (Å²) in [6.45, 7) is 14.3. The summed E-state index contributed by atoms with van der Waals surface area (Å²) in [4.78, 5) is 74.2. The highest BCUT2D eigenvalue weighted by atomic mass is 32.1. The number of carbonyl (C=O) groups excluding carboxylic acids is 4. The van der Waals surface area contributed by atoms with Gasteiger partial charge in [-0.1, -0.05) is 115 Å². The summed E-state index contributed by atoms with van der Waals surface area (Å²) in [5.41, 5.74) is 4.52. The van der Waals surface area contributed by atoms with E-state index in [9.17, 15) is 29.1 Å². The van der Waals surface area contributed by atoms with Crippen LogP contribution in [0.3, 0.4) is 0 Å². The molecular weight excluding hydrogens is 835 g/mol. The first-order valence-electron chi connectivity index (χ1n) is 23.2. The first kappa shape index (κ1) is 50.1. The standard InChI is InChI=1S/C49H69N5O9S/c1-7-9-10-16-25-54(42(32(3)4)29-43(63-34(6)55)46-51-40(31-64-46)48(58)59)47(57)44(33(5)8-2)52-45(56)41-22-15-17-24-53(41)26-28-61-27-23-50-49(60)62-30-39-37-20-13-11-18-35(37)36-19-12-14-21-38(36)39/h11-14,18-21,31-33,39,41-44H,7-10,15-17,22-30H2,1-6H3,(H,50,60)(H,52,56)(H,58,59)/t33-,41+,42+,43+,44-/m0/s1. The number of unbranched alkanes of at least 4 members (excludes halogenated alkanes) is 3. The molecule has 3 amide bonds. The molecule has 1 aliphatic heterocycles. The third kappa shape index (κ3) is 13.6. The molecule has 3 aromatic rings. The second-order valence-corrected chi connectivity index (χ2v) is 18.3. The van der Waals surface area contributed by atoms with Crippen molar-refractivity contribution < 1.29 is 43.3 Å². The summed E-state index contributed by atoms with van der Waals surface area (Å²) >= 11 is 1.11. The number of aromatic nitrogens is 1. The monoisotopic (exact) mass is 903 g/mol. The molecule has 14 nitrogen and oxygen atoms in total. The van der Waals surface area contributed by atoms with Crippen molar-refractivity contribution in [2.24, 2.45) is 11.8 Å². The number of rotatable bonds is 25. The molecule has 15 heteroatoms. The van der Waals surface area contributed by atoms with E-state index in [0.29, 0.717) is 37.5 Å². The summed E-state index contributed by atoms with van der Waals surface area (Å²) in [5.74, 6) is -2.33. The fourth-order valence-corrected chi connectivity index (χ4v) is 9.72. The average molecular weight is 904 g/mol. The van der Waals surface area contributed by atoms with E-state index in [0.717, 1.165) is 67.5 Å². The third-order valence-corrected chi connectivity index (χ3v) is 13.5. The van der Waals surface area contributed by atoms with Crippen LogP contribution in [0.1, 0.15) is 138 Å². The molecule has 5 rings (SSSR count). The summed E-state index contributed by atoms with van der Waals surface area (Å²) in [6, 6.07) is 14.8. The van der Waals surface area contributed by atoms with Crippen LogP contribution in [0, 0.1) is 11.8 Å². The number of esters is 1. The van der Waals surface area contributed by atoms with Gasteiger partial charge >= 0.3 is 18.0 Å². The van der Waals surface area contributed by atoms with Gasteiger partial charge in [-0.3, -0.25) is 19.3 Å². The van der Waals surface area contributed by atoms with Crippen LogP contribution < -0.4 is 10.6 Å². The average Bonchev–Trinajstić information content (AvgIpc) is 3.91. The van der Waals surface area contributed by atoms with Crippen LogP contribution in [-0.4, -0.2) is 114 Å². The van der Waals surface area contributed by atoms with Crippen molar-refractivity contribution >= 4 is 41.2 Å². The molecule has 1 fully saturated rings. The topological polar surface area (TPSA) is 177 Å². The predicted molar refractivity (Wildman–Crippen MR) is 247 cm³/mol. The normalized spacial score (nSPS) is 16.8. The molecule has 0 spiro atoms. The van der Waals surface area contributed by atoms with Crippen LogP contribution in [0.4, 0.5) is 4.79 Å². The van der Waals surface area contributed by atoms with Gasteiger partial charge < -0.3 is 34.9 Å². The minimum Gasteiger partial charge on any atom is -0.476 e. The van der Waals surface area contributed by atoms with E-state index < -0.39 is 42.3 Å². The van der Waals surface area contributed by atoms with Gasteiger partial charge in [0.25, 0.3) is 0 Å². The Balaban J connectivity index is 1.17. The molecule has 1 aliphatic carbocycles. The van der Waals surface area contributed by atoms with Gasteiger partial charge in [0, 0.05) is 50.3 Å². The van der Waals surface area contributed by atoms with Crippen LogP contribution in [0.2, 0.25) is 0 Å². The van der Waals surface area contributed by atoms with Crippen molar-refractivity contribution in [2.75, 3.05) is 46.0 Å². The lowest BCUT2D eigenvalue weighted by Gasteiger charge is -2.40. The minimum absolute atomic E-state index is 0.0212. The number of hydrogen-bond acceptors (Lipinski definition) is 11. The Morgan fingerprint density at radius 1 is 0.953 bits per heavy atom. The van der Waals surface area contributed by atoms with E-state index in [2.05, 4.69) is 51.7 Å². The molecule has 2 heterocycles. The molecule has 5 atom stereocenters. The van der Waals surface area contributed by atoms with Crippen LogP contribution in [-0.2, 0) is 28.6 Å². The first-order chi connectivity index (χ1) is 30.8. The largest absolute Gasteiger partial charge is 0.476 e. The number of thiazole rings is 1. The van der Waals surface area contributed by atoms with E-state index >= 15 is 0 Å². The molecular formula is C49H69N5O9S. The maximum Gasteiger partial charge on any atom is 0.407 e. The van der Waals surface area contributed by atoms with E-state index in [1.807, 2.05) is 56.9 Å². The number of fused-ring (bicyclic) bond motifs is 3. The van der Waals surface area contributed by atoms with Gasteiger partial charge in [0.05, 0.1) is 19.3 Å². The second-order valence-electron chi connectivity index (χ2n) is 17.4. The number of aromatic carboxylic acids is 1. The van der Waals surface area contributed by atoms with Gasteiger partial charge in [0.1, 0.15) is 17.7 Å². The minimum atomic E-state index is -1.17. The number of ether oxygens (including phenoxy) is 3. The molecule has 0 unspecified atom stereocenters. The lowest BCUT2D eigenvalue weighted by atomic mass is 9.91. The lowest BCUT2D eigenvalue weighted by molar-refractivity contribution is -0.149. The van der Waals surface area contributed by atoms with Crippen molar-refractivity contribution in [3.8, 4) is 11.1 Å². The van der Waals surface area contributed by atoms with Gasteiger partial charge in [0.15, 0.2) is 11.8 Å². The highest BCUT2D eigenvalue weighted by molar-refractivity contribution is 7.09. The molecule has 2 aliphatic rings. The Morgan fingerprint density at radius 3 is 2.28 bits per heavy atom. The maximum absolute atomic E-state index is 15.0. The van der Waals surface area contributed by atoms with Gasteiger partial charge in [-0.2, -0.15) is 0 Å². The SMILES string of the molecule is CCCCCCN(C(=O)[C@@H](NC(=O)[C@H]1CCCCN1CCOCCNC(=O)OCC1c2ccccc2-c2ccccc21)[C@@H](C)CC)[C@H](C[C@@H](OC(C)=O)c1nc(C(=O)O)cs1)C(C)C. The zero-order valence-electron chi connectivity index (χ0n) is 38.5. The molecule has 1 aromatic heterocycles. The number of benzene rings is 2. The Labute approximate surface area is 382 Å². The number of nitrogens with zero attached hydrogens (tertiary/aromatic N) is 3. The van der Waals surface area contributed by atoms with E-state index in [1.54, 1.807) is 0 Å². The highest BCUT2D eigenvalue weighted by Gasteiger charge is 2.39. The molecule has 64 heavy (non-hydrogen) atoms. The molecule has 2 aromatic carbocycles. The summed E-state index contributed by atoms with van der Waals surface area (Å²) in [7, 11) is 0. The lowest BCUT2D eigenvalue weighted by Crippen LogP contribution is -2.59. The number of amides is 3. The Bertz CT molecular complexity index is 1960. The molecule has 0 saturated carbocycles. The Kier molecular flexibility index (Phi) is 19.6. The zero-order chi connectivity index (χ0) is 46.2.